The van der Waals surface area contributed by atoms with Gasteiger partial charge in [-0.25, -0.2) is 9.59 Å². The molecule has 18 heteroatoms. The van der Waals surface area contributed by atoms with Crippen LogP contribution in [0.3, 0.4) is 0 Å². The predicted molar refractivity (Wildman–Crippen MR) is 235 cm³/mol. The molecular weight excluding hydrogens is 887 g/mol. The molecule has 6 unspecified atom stereocenters. The van der Waals surface area contributed by atoms with Crippen LogP contribution < -0.4 is 5.32 Å². The van der Waals surface area contributed by atoms with Crippen molar-refractivity contribution in [3.05, 3.63) is 119 Å². The second kappa shape index (κ2) is 18.5. The first kappa shape index (κ1) is 49.0. The minimum Gasteiger partial charge on any atom is -0.456 e. The van der Waals surface area contributed by atoms with Crippen molar-refractivity contribution in [3.8, 4) is 0 Å². The van der Waals surface area contributed by atoms with Gasteiger partial charge in [-0.1, -0.05) is 80.6 Å². The minimum absolute atomic E-state index is 0.0280. The maximum atomic E-state index is 15.7. The molecule has 2 saturated carbocycles. The van der Waals surface area contributed by atoms with Crippen LogP contribution in [0.4, 0.5) is 0 Å². The normalized spacial score (nSPS) is 36.0. The average molecular weight is 944 g/mol. The number of benzene rings is 3. The Balaban J connectivity index is 1.26. The Bertz CT molecular complexity index is 2430. The third-order valence-electron chi connectivity index (χ3n) is 14.9. The van der Waals surface area contributed by atoms with Gasteiger partial charge >= 0.3 is 17.9 Å². The van der Waals surface area contributed by atoms with Crippen molar-refractivity contribution in [2.45, 2.75) is 126 Å². The number of ketones is 1. The summed E-state index contributed by atoms with van der Waals surface area (Å²) in [6.45, 7) is 6.21. The van der Waals surface area contributed by atoms with Crippen molar-refractivity contribution >= 4 is 29.6 Å². The molecule has 3 aliphatic carbocycles. The van der Waals surface area contributed by atoms with Gasteiger partial charge in [0.25, 0.3) is 5.91 Å². The molecule has 0 spiro atoms. The Morgan fingerprint density at radius 3 is 2.01 bits per heavy atom. The molecule has 68 heavy (non-hydrogen) atoms. The molecular formula is C50H57NO17. The van der Waals surface area contributed by atoms with Crippen LogP contribution in [0.5, 0.6) is 0 Å². The molecule has 7 N–H and O–H groups in total. The number of fused-ring (bicyclic) bond motifs is 5. The summed E-state index contributed by atoms with van der Waals surface area (Å²) < 4.78 is 36.8. The van der Waals surface area contributed by atoms with E-state index in [0.29, 0.717) is 5.56 Å². The molecule has 0 radical (unpaired) electrons. The van der Waals surface area contributed by atoms with Gasteiger partial charge in [-0.15, -0.1) is 0 Å². The SMILES string of the molecule is CC(=O)O[C@@]12CO[C@@H]1C[C@H](OC1OCC(O)C(O)C1O)[C@@]1(C)C(=O)[C@H](O)C3=C(C)[C@@H](OC(=O)[C@H](O)[C@@H](NC(=O)c4ccccc4)c4ccccc4)C[C@@](O)(C(OC(=O)c4ccccc4)C12)C3(C)C. The largest absolute Gasteiger partial charge is 0.456 e. The monoisotopic (exact) mass is 943 g/mol. The topological polar surface area (TPSA) is 274 Å². The van der Waals surface area contributed by atoms with E-state index in [1.54, 1.807) is 78.9 Å². The van der Waals surface area contributed by atoms with E-state index < -0.39 is 138 Å². The summed E-state index contributed by atoms with van der Waals surface area (Å²) in [6.07, 6.45) is -17.8. The van der Waals surface area contributed by atoms with Crippen LogP contribution in [0.25, 0.3) is 0 Å². The van der Waals surface area contributed by atoms with Gasteiger partial charge in [0.05, 0.1) is 42.3 Å². The van der Waals surface area contributed by atoms with Crippen LogP contribution in [0.2, 0.25) is 0 Å². The van der Waals surface area contributed by atoms with Gasteiger partial charge in [-0.05, 0) is 54.8 Å². The Morgan fingerprint density at radius 1 is 0.824 bits per heavy atom. The lowest BCUT2D eigenvalue weighted by molar-refractivity contribution is -0.366. The second-order valence-corrected chi connectivity index (χ2v) is 19.1. The van der Waals surface area contributed by atoms with E-state index >= 15 is 4.79 Å². The van der Waals surface area contributed by atoms with Crippen LogP contribution in [-0.4, -0.2) is 146 Å². The zero-order chi connectivity index (χ0) is 49.1. The highest BCUT2D eigenvalue weighted by Crippen LogP contribution is 2.65. The van der Waals surface area contributed by atoms with Crippen molar-refractivity contribution in [1.82, 2.24) is 5.32 Å². The number of aliphatic hydroxyl groups is 6. The summed E-state index contributed by atoms with van der Waals surface area (Å²) in [4.78, 5) is 71.3. The number of carbonyl (C=O) groups excluding carboxylic acids is 5. The van der Waals surface area contributed by atoms with Crippen LogP contribution in [0.15, 0.2) is 102 Å². The molecule has 3 aromatic rings. The van der Waals surface area contributed by atoms with Gasteiger partial charge in [0.15, 0.2) is 23.8 Å². The maximum Gasteiger partial charge on any atom is 0.338 e. The third-order valence-corrected chi connectivity index (χ3v) is 14.9. The molecule has 2 bridgehead atoms. The molecule has 1 amide bonds. The fourth-order valence-corrected chi connectivity index (χ4v) is 11.2. The predicted octanol–water partition coefficient (Wildman–Crippen LogP) is 1.63. The van der Waals surface area contributed by atoms with Crippen LogP contribution in [-0.2, 0) is 42.8 Å². The molecule has 2 aliphatic heterocycles. The number of esters is 3. The molecule has 15 atom stereocenters. The fourth-order valence-electron chi connectivity index (χ4n) is 11.2. The van der Waals surface area contributed by atoms with Crippen LogP contribution >= 0.6 is 0 Å². The molecule has 2 heterocycles. The number of aliphatic hydroxyl groups excluding tert-OH is 5. The van der Waals surface area contributed by atoms with Crippen molar-refractivity contribution in [2.24, 2.45) is 16.7 Å². The number of hydrogen-bond donors (Lipinski definition) is 7. The summed E-state index contributed by atoms with van der Waals surface area (Å²) in [6, 6.07) is 22.7. The zero-order valence-electron chi connectivity index (χ0n) is 38.1. The molecule has 2 saturated heterocycles. The first-order valence-electron chi connectivity index (χ1n) is 22.5. The Kier molecular flexibility index (Phi) is 13.3. The number of amides is 1. The summed E-state index contributed by atoms with van der Waals surface area (Å²) in [5, 5.41) is 72.9. The molecule has 3 aromatic carbocycles. The standard InChI is InChI=1S/C50H57NO17/c1-25-31(65-45(61)38(56)35(27-15-9-6-10-16-27)51-43(59)28-17-11-7-12-18-28)22-50(62)42(67-44(60)29-19-13-8-14-20-29)40-48(5,41(58)37(55)34(25)47(50,3)4)32(21-33-49(40,24-64-33)68-26(2)52)66-46-39(57)36(54)30(53)23-63-46/h6-20,30-33,35-40,42,46,53-57,62H,21-24H2,1-5H3,(H,51,59)/t30?,31-,32-,33+,35-,36?,37+,38+,39?,40?,42?,46?,48+,49-,50+/m0/s1. The van der Waals surface area contributed by atoms with E-state index in [2.05, 4.69) is 5.32 Å². The third kappa shape index (κ3) is 8.14. The van der Waals surface area contributed by atoms with Crippen molar-refractivity contribution in [3.63, 3.8) is 0 Å². The fraction of sp³-hybridized carbons (Fsp3) is 0.500. The zero-order valence-corrected chi connectivity index (χ0v) is 38.1. The second-order valence-electron chi connectivity index (χ2n) is 19.1. The molecule has 8 rings (SSSR count). The van der Waals surface area contributed by atoms with Gasteiger partial charge in [-0.3, -0.25) is 14.4 Å². The Morgan fingerprint density at radius 2 is 1.43 bits per heavy atom. The summed E-state index contributed by atoms with van der Waals surface area (Å²) >= 11 is 0. The smallest absolute Gasteiger partial charge is 0.338 e. The Labute approximate surface area is 391 Å². The summed E-state index contributed by atoms with van der Waals surface area (Å²) in [5.74, 6) is -6.29. The van der Waals surface area contributed by atoms with E-state index in [9.17, 15) is 49.8 Å². The van der Waals surface area contributed by atoms with E-state index in [4.69, 9.17) is 28.4 Å². The number of Topliss-reactive ketones (excluding diaryl/α,β-unsaturated/α-hetero) is 1. The van der Waals surface area contributed by atoms with Gasteiger partial charge in [0, 0.05) is 30.7 Å². The van der Waals surface area contributed by atoms with E-state index in [-0.39, 0.29) is 35.3 Å². The van der Waals surface area contributed by atoms with Crippen LogP contribution in [0.1, 0.15) is 79.8 Å². The maximum absolute atomic E-state index is 15.7. The molecule has 5 aliphatic rings. The lowest BCUT2D eigenvalue weighted by Gasteiger charge is -2.68. The Hall–Kier alpha value is -5.41. The molecule has 18 nitrogen and oxygen atoms in total. The van der Waals surface area contributed by atoms with Crippen molar-refractivity contribution in [2.75, 3.05) is 13.2 Å². The van der Waals surface area contributed by atoms with Crippen molar-refractivity contribution < 1.29 is 83.0 Å². The number of carbonyl (C=O) groups is 5. The lowest BCUT2D eigenvalue weighted by Crippen LogP contribution is -2.82. The van der Waals surface area contributed by atoms with Gasteiger partial charge in [-0.2, -0.15) is 0 Å². The number of nitrogens with one attached hydrogen (secondary N) is 1. The lowest BCUT2D eigenvalue weighted by atomic mass is 9.44. The first-order valence-corrected chi connectivity index (χ1v) is 22.5. The number of rotatable bonds is 11. The van der Waals surface area contributed by atoms with E-state index in [1.165, 1.54) is 39.8 Å². The molecule has 4 fully saturated rings. The highest BCUT2D eigenvalue weighted by Gasteiger charge is 2.78. The number of ether oxygens (including phenoxy) is 6. The summed E-state index contributed by atoms with van der Waals surface area (Å²) in [7, 11) is 0. The van der Waals surface area contributed by atoms with Crippen LogP contribution in [0, 0.1) is 16.7 Å². The highest BCUT2D eigenvalue weighted by atomic mass is 16.7. The average Bonchev–Trinajstić information content (AvgIpc) is 3.31. The van der Waals surface area contributed by atoms with Gasteiger partial charge < -0.3 is 64.4 Å². The van der Waals surface area contributed by atoms with Crippen molar-refractivity contribution in [1.29, 1.82) is 0 Å². The minimum atomic E-state index is -2.47. The van der Waals surface area contributed by atoms with Gasteiger partial charge in [0.1, 0.15) is 48.3 Å². The summed E-state index contributed by atoms with van der Waals surface area (Å²) in [5.41, 5.74) is -7.60. The quantitative estimate of drug-likeness (QED) is 0.0818. The van der Waals surface area contributed by atoms with E-state index in [0.717, 1.165) is 6.92 Å². The van der Waals surface area contributed by atoms with E-state index in [1.807, 2.05) is 0 Å². The highest BCUT2D eigenvalue weighted by molar-refractivity contribution is 5.95. The first-order chi connectivity index (χ1) is 32.2. The molecule has 0 aromatic heterocycles. The number of hydrogen-bond acceptors (Lipinski definition) is 17. The van der Waals surface area contributed by atoms with Gasteiger partial charge in [0.2, 0.25) is 0 Å². The molecule has 364 valence electrons.